The maximum Gasteiger partial charge on any atom is 0.226 e. The highest BCUT2D eigenvalue weighted by molar-refractivity contribution is 5.83. The molecule has 4 heteroatoms. The van der Waals surface area contributed by atoms with Crippen molar-refractivity contribution in [2.24, 2.45) is 0 Å². The molecule has 0 rings (SSSR count). The Morgan fingerprint density at radius 3 is 2.54 bits per heavy atom. The van der Waals surface area contributed by atoms with Crippen LogP contribution < -0.4 is 5.32 Å². The Morgan fingerprint density at radius 1 is 1.46 bits per heavy atom. The molecule has 1 N–H and O–H groups in total. The Bertz CT molecular complexity index is 202. The van der Waals surface area contributed by atoms with Crippen LogP contribution in [0.15, 0.2) is 12.8 Å². The van der Waals surface area contributed by atoms with Crippen molar-refractivity contribution in [1.82, 2.24) is 10.2 Å². The number of nitrogens with zero attached hydrogens (tertiary/aromatic N) is 1. The van der Waals surface area contributed by atoms with Gasteiger partial charge in [0.2, 0.25) is 11.8 Å². The lowest BCUT2D eigenvalue weighted by atomic mass is 10.2. The van der Waals surface area contributed by atoms with Gasteiger partial charge in [0, 0.05) is 26.4 Å². The molecular weight excluding hydrogens is 168 g/mol. The van der Waals surface area contributed by atoms with Gasteiger partial charge < -0.3 is 10.2 Å². The fourth-order valence-corrected chi connectivity index (χ4v) is 0.784. The van der Waals surface area contributed by atoms with Crippen LogP contribution in [0.5, 0.6) is 0 Å². The van der Waals surface area contributed by atoms with Crippen LogP contribution in [-0.4, -0.2) is 30.3 Å². The molecule has 0 bridgehead atoms. The first-order valence-corrected chi connectivity index (χ1v) is 4.26. The molecule has 0 aliphatic rings. The molecule has 0 fully saturated rings. The maximum atomic E-state index is 11.2. The van der Waals surface area contributed by atoms with E-state index in [0.29, 0.717) is 6.54 Å². The van der Waals surface area contributed by atoms with Crippen molar-refractivity contribution in [2.45, 2.75) is 19.8 Å². The first-order valence-electron chi connectivity index (χ1n) is 4.26. The van der Waals surface area contributed by atoms with Gasteiger partial charge in [-0.1, -0.05) is 6.58 Å². The number of hydrogen-bond donors (Lipinski definition) is 1. The summed E-state index contributed by atoms with van der Waals surface area (Å²) in [5.74, 6) is -0.186. The minimum absolute atomic E-state index is 0.0895. The third-order valence-corrected chi connectivity index (χ3v) is 1.61. The predicted molar refractivity (Wildman–Crippen MR) is 50.9 cm³/mol. The average Bonchev–Trinajstić information content (AvgIpc) is 2.13. The summed E-state index contributed by atoms with van der Waals surface area (Å²) < 4.78 is 0. The highest BCUT2D eigenvalue weighted by Gasteiger charge is 2.07. The van der Waals surface area contributed by atoms with E-state index in [1.165, 1.54) is 11.1 Å². The lowest BCUT2D eigenvalue weighted by Gasteiger charge is -2.10. The quantitative estimate of drug-likeness (QED) is 0.676. The van der Waals surface area contributed by atoms with E-state index in [-0.39, 0.29) is 24.7 Å². The number of carbonyl (C=O) groups excluding carboxylic acids is 2. The van der Waals surface area contributed by atoms with E-state index in [2.05, 4.69) is 11.9 Å². The van der Waals surface area contributed by atoms with E-state index in [1.807, 2.05) is 6.92 Å². The lowest BCUT2D eigenvalue weighted by molar-refractivity contribution is -0.130. The van der Waals surface area contributed by atoms with E-state index < -0.39 is 0 Å². The summed E-state index contributed by atoms with van der Waals surface area (Å²) in [6, 6.07) is 0. The van der Waals surface area contributed by atoms with Gasteiger partial charge in [-0.2, -0.15) is 0 Å². The zero-order chi connectivity index (χ0) is 10.3. The Morgan fingerprint density at radius 2 is 2.08 bits per heavy atom. The average molecular weight is 184 g/mol. The molecule has 0 aromatic rings. The van der Waals surface area contributed by atoms with Crippen molar-refractivity contribution in [2.75, 3.05) is 13.6 Å². The van der Waals surface area contributed by atoms with Crippen molar-refractivity contribution in [3.8, 4) is 0 Å². The van der Waals surface area contributed by atoms with Gasteiger partial charge in [0.1, 0.15) is 0 Å². The van der Waals surface area contributed by atoms with Crippen molar-refractivity contribution in [3.63, 3.8) is 0 Å². The zero-order valence-electron chi connectivity index (χ0n) is 8.17. The molecule has 0 aliphatic heterocycles. The van der Waals surface area contributed by atoms with Crippen molar-refractivity contribution < 1.29 is 9.59 Å². The molecule has 4 nitrogen and oxygen atoms in total. The first-order chi connectivity index (χ1) is 6.11. The van der Waals surface area contributed by atoms with Crippen molar-refractivity contribution in [3.05, 3.63) is 12.8 Å². The predicted octanol–water partition coefficient (Wildman–Crippen LogP) is 0.505. The molecule has 0 saturated carbocycles. The Balaban J connectivity index is 3.69. The van der Waals surface area contributed by atoms with Crippen LogP contribution in [0.4, 0.5) is 0 Å². The molecule has 0 unspecified atom stereocenters. The largest absolute Gasteiger partial charge is 0.356 e. The van der Waals surface area contributed by atoms with E-state index in [9.17, 15) is 9.59 Å². The zero-order valence-corrected chi connectivity index (χ0v) is 8.17. The molecule has 74 valence electrons. The van der Waals surface area contributed by atoms with E-state index in [4.69, 9.17) is 0 Å². The molecule has 13 heavy (non-hydrogen) atoms. The first kappa shape index (κ1) is 11.7. The minimum atomic E-state index is -0.0961. The van der Waals surface area contributed by atoms with Gasteiger partial charge >= 0.3 is 0 Å². The fourth-order valence-electron chi connectivity index (χ4n) is 0.784. The molecule has 0 spiro atoms. The van der Waals surface area contributed by atoms with Gasteiger partial charge in [-0.15, -0.1) is 0 Å². The van der Waals surface area contributed by atoms with Crippen LogP contribution in [0.1, 0.15) is 19.8 Å². The van der Waals surface area contributed by atoms with Gasteiger partial charge in [-0.25, -0.2) is 0 Å². The molecule has 0 aliphatic carbocycles. The highest BCUT2D eigenvalue weighted by atomic mass is 16.2. The summed E-state index contributed by atoms with van der Waals surface area (Å²) in [6.45, 7) is 5.89. The molecule has 0 aromatic carbocycles. The van der Waals surface area contributed by atoms with Gasteiger partial charge in [0.05, 0.1) is 0 Å². The smallest absolute Gasteiger partial charge is 0.226 e. The molecule has 0 saturated heterocycles. The van der Waals surface area contributed by atoms with Gasteiger partial charge in [0.25, 0.3) is 0 Å². The number of hydrogen-bond acceptors (Lipinski definition) is 2. The summed E-state index contributed by atoms with van der Waals surface area (Å²) in [7, 11) is 1.62. The summed E-state index contributed by atoms with van der Waals surface area (Å²) >= 11 is 0. The van der Waals surface area contributed by atoms with E-state index >= 15 is 0 Å². The summed E-state index contributed by atoms with van der Waals surface area (Å²) in [4.78, 5) is 23.5. The molecule has 0 radical (unpaired) electrons. The van der Waals surface area contributed by atoms with Crippen LogP contribution in [0, 0.1) is 0 Å². The van der Waals surface area contributed by atoms with Gasteiger partial charge in [0.15, 0.2) is 0 Å². The normalized spacial score (nSPS) is 9.08. The number of rotatable bonds is 5. The van der Waals surface area contributed by atoms with Crippen molar-refractivity contribution >= 4 is 11.8 Å². The Hall–Kier alpha value is -1.32. The Kier molecular flexibility index (Phi) is 5.59. The second kappa shape index (κ2) is 6.22. The summed E-state index contributed by atoms with van der Waals surface area (Å²) in [5, 5.41) is 2.62. The molecule has 0 aromatic heterocycles. The van der Waals surface area contributed by atoms with Gasteiger partial charge in [-0.3, -0.25) is 9.59 Å². The third kappa shape index (κ3) is 5.00. The number of carbonyl (C=O) groups is 2. The van der Waals surface area contributed by atoms with Gasteiger partial charge in [-0.05, 0) is 13.1 Å². The minimum Gasteiger partial charge on any atom is -0.356 e. The van der Waals surface area contributed by atoms with E-state index in [1.54, 1.807) is 7.05 Å². The monoisotopic (exact) mass is 184 g/mol. The topological polar surface area (TPSA) is 49.4 Å². The van der Waals surface area contributed by atoms with Crippen LogP contribution in [0.25, 0.3) is 0 Å². The molecule has 2 amide bonds. The fraction of sp³-hybridized carbons (Fsp3) is 0.556. The van der Waals surface area contributed by atoms with Crippen LogP contribution >= 0.6 is 0 Å². The maximum absolute atomic E-state index is 11.2. The molecule has 0 heterocycles. The second-order valence-electron chi connectivity index (χ2n) is 2.64. The summed E-state index contributed by atoms with van der Waals surface area (Å²) in [5.41, 5.74) is 0. The van der Waals surface area contributed by atoms with E-state index in [0.717, 1.165) is 0 Å². The SMILES string of the molecule is C=CN(C)C(=O)CCC(=O)NCC. The molecule has 0 atom stereocenters. The molecular formula is C9H16N2O2. The van der Waals surface area contributed by atoms with Crippen LogP contribution in [-0.2, 0) is 9.59 Å². The lowest BCUT2D eigenvalue weighted by Crippen LogP contribution is -2.26. The number of nitrogens with one attached hydrogen (secondary N) is 1. The highest BCUT2D eigenvalue weighted by Crippen LogP contribution is 1.95. The van der Waals surface area contributed by atoms with Crippen molar-refractivity contribution in [1.29, 1.82) is 0 Å². The standard InChI is InChI=1S/C9H16N2O2/c1-4-10-8(12)6-7-9(13)11(3)5-2/h5H,2,4,6-7H2,1,3H3,(H,10,12). The van der Waals surface area contributed by atoms with Crippen LogP contribution in [0.3, 0.4) is 0 Å². The second-order valence-corrected chi connectivity index (χ2v) is 2.64. The van der Waals surface area contributed by atoms with Crippen LogP contribution in [0.2, 0.25) is 0 Å². The number of amides is 2. The summed E-state index contributed by atoms with van der Waals surface area (Å²) in [6.07, 6.45) is 1.90. The Labute approximate surface area is 78.6 Å². The third-order valence-electron chi connectivity index (χ3n) is 1.61.